The molecular formula is C16H19N3O. The molecule has 0 aliphatic heterocycles. The molecule has 1 aliphatic rings. The number of nitrogens with one attached hydrogen (secondary N) is 1. The van der Waals surface area contributed by atoms with Crippen LogP contribution in [0.2, 0.25) is 0 Å². The molecule has 0 unspecified atom stereocenters. The topological polar surface area (TPSA) is 71.8 Å². The van der Waals surface area contributed by atoms with Crippen molar-refractivity contribution in [3.63, 3.8) is 0 Å². The number of anilines is 1. The summed E-state index contributed by atoms with van der Waals surface area (Å²) >= 11 is 0. The number of hydrogen-bond donors (Lipinski definition) is 2. The van der Waals surface area contributed by atoms with Crippen LogP contribution in [0.15, 0.2) is 35.1 Å². The predicted molar refractivity (Wildman–Crippen MR) is 80.5 cm³/mol. The predicted octanol–water partition coefficient (Wildman–Crippen LogP) is 3.07. The molecule has 1 aromatic heterocycles. The Morgan fingerprint density at radius 3 is 2.70 bits per heavy atom. The molecule has 4 heteroatoms. The highest BCUT2D eigenvalue weighted by Gasteiger charge is 2.18. The standard InChI is InChI=1S/C16H19N3O/c17-13-8-4-7-12(9-13)14-10-15(20)19-16(18-14)11-5-2-1-3-6-11/h4,7-11H,1-3,5-6,17H2,(H,18,19,20). The second-order valence-electron chi connectivity index (χ2n) is 5.48. The van der Waals surface area contributed by atoms with E-state index >= 15 is 0 Å². The lowest BCUT2D eigenvalue weighted by atomic mass is 9.88. The molecule has 2 aromatic rings. The minimum Gasteiger partial charge on any atom is -0.399 e. The molecule has 0 amide bonds. The van der Waals surface area contributed by atoms with Crippen molar-refractivity contribution >= 4 is 5.69 Å². The number of rotatable bonds is 2. The number of benzene rings is 1. The quantitative estimate of drug-likeness (QED) is 0.823. The van der Waals surface area contributed by atoms with Gasteiger partial charge in [-0.15, -0.1) is 0 Å². The first-order chi connectivity index (χ1) is 9.72. The Hall–Kier alpha value is -2.10. The Bertz CT molecular complexity index is 657. The molecule has 1 saturated carbocycles. The third kappa shape index (κ3) is 2.74. The second-order valence-corrected chi connectivity index (χ2v) is 5.48. The van der Waals surface area contributed by atoms with E-state index in [1.165, 1.54) is 19.3 Å². The van der Waals surface area contributed by atoms with Crippen LogP contribution in [0.1, 0.15) is 43.8 Å². The number of nitrogens with two attached hydrogens (primary N) is 1. The van der Waals surface area contributed by atoms with Crippen molar-refractivity contribution in [3.05, 3.63) is 46.5 Å². The smallest absolute Gasteiger partial charge is 0.251 e. The van der Waals surface area contributed by atoms with Crippen LogP contribution in [-0.4, -0.2) is 9.97 Å². The molecule has 1 fully saturated rings. The highest BCUT2D eigenvalue weighted by atomic mass is 16.1. The summed E-state index contributed by atoms with van der Waals surface area (Å²) in [5.41, 5.74) is 8.01. The fourth-order valence-electron chi connectivity index (χ4n) is 2.89. The number of hydrogen-bond acceptors (Lipinski definition) is 3. The maximum Gasteiger partial charge on any atom is 0.251 e. The second kappa shape index (κ2) is 5.49. The zero-order valence-corrected chi connectivity index (χ0v) is 11.4. The Labute approximate surface area is 118 Å². The molecule has 20 heavy (non-hydrogen) atoms. The van der Waals surface area contributed by atoms with Gasteiger partial charge in [-0.25, -0.2) is 4.98 Å². The van der Waals surface area contributed by atoms with Gasteiger partial charge >= 0.3 is 0 Å². The first-order valence-electron chi connectivity index (χ1n) is 7.19. The average Bonchev–Trinajstić information content (AvgIpc) is 2.47. The van der Waals surface area contributed by atoms with Crippen LogP contribution in [0.5, 0.6) is 0 Å². The van der Waals surface area contributed by atoms with Crippen LogP contribution in [0.3, 0.4) is 0 Å². The molecule has 0 bridgehead atoms. The molecule has 4 nitrogen and oxygen atoms in total. The maximum absolute atomic E-state index is 11.9. The molecule has 1 heterocycles. The number of H-pyrrole nitrogens is 1. The van der Waals surface area contributed by atoms with Gasteiger partial charge in [0.1, 0.15) is 5.82 Å². The van der Waals surface area contributed by atoms with Gasteiger partial charge < -0.3 is 10.7 Å². The largest absolute Gasteiger partial charge is 0.399 e. The number of aromatic nitrogens is 2. The van der Waals surface area contributed by atoms with Crippen LogP contribution >= 0.6 is 0 Å². The molecular weight excluding hydrogens is 250 g/mol. The lowest BCUT2D eigenvalue weighted by Gasteiger charge is -2.20. The van der Waals surface area contributed by atoms with Crippen molar-refractivity contribution in [2.45, 2.75) is 38.0 Å². The van der Waals surface area contributed by atoms with Crippen molar-refractivity contribution in [2.24, 2.45) is 0 Å². The first-order valence-corrected chi connectivity index (χ1v) is 7.19. The molecule has 3 N–H and O–H groups in total. The Morgan fingerprint density at radius 2 is 1.95 bits per heavy atom. The molecule has 0 saturated heterocycles. The van der Waals surface area contributed by atoms with E-state index in [0.717, 1.165) is 24.2 Å². The Kier molecular flexibility index (Phi) is 3.54. The summed E-state index contributed by atoms with van der Waals surface area (Å²) in [5, 5.41) is 0. The molecule has 104 valence electrons. The van der Waals surface area contributed by atoms with Crippen LogP contribution < -0.4 is 11.3 Å². The Morgan fingerprint density at radius 1 is 1.15 bits per heavy atom. The molecule has 1 aromatic carbocycles. The first kappa shape index (κ1) is 12.9. The monoisotopic (exact) mass is 269 g/mol. The SMILES string of the molecule is Nc1cccc(-c2cc(=O)[nH]c(C3CCCCC3)n2)c1. The van der Waals surface area contributed by atoms with Gasteiger partial charge in [-0.3, -0.25) is 4.79 Å². The van der Waals surface area contributed by atoms with E-state index in [4.69, 9.17) is 5.73 Å². The summed E-state index contributed by atoms with van der Waals surface area (Å²) in [6.45, 7) is 0. The summed E-state index contributed by atoms with van der Waals surface area (Å²) in [6.07, 6.45) is 5.95. The van der Waals surface area contributed by atoms with Crippen LogP contribution in [0.4, 0.5) is 5.69 Å². The zero-order chi connectivity index (χ0) is 13.9. The normalized spacial score (nSPS) is 16.2. The molecule has 0 radical (unpaired) electrons. The van der Waals surface area contributed by atoms with Gasteiger partial charge in [0, 0.05) is 23.2 Å². The number of nitrogen functional groups attached to an aromatic ring is 1. The third-order valence-corrected chi connectivity index (χ3v) is 3.93. The maximum atomic E-state index is 11.9. The molecule has 0 spiro atoms. The van der Waals surface area contributed by atoms with E-state index < -0.39 is 0 Å². The fraction of sp³-hybridized carbons (Fsp3) is 0.375. The van der Waals surface area contributed by atoms with Crippen molar-refractivity contribution in [3.8, 4) is 11.3 Å². The van der Waals surface area contributed by atoms with Crippen molar-refractivity contribution < 1.29 is 0 Å². The van der Waals surface area contributed by atoms with Gasteiger partial charge in [-0.2, -0.15) is 0 Å². The van der Waals surface area contributed by atoms with Crippen molar-refractivity contribution in [2.75, 3.05) is 5.73 Å². The van der Waals surface area contributed by atoms with E-state index in [1.54, 1.807) is 6.07 Å². The zero-order valence-electron chi connectivity index (χ0n) is 11.4. The number of nitrogens with zero attached hydrogens (tertiary/aromatic N) is 1. The van der Waals surface area contributed by atoms with Crippen LogP contribution in [-0.2, 0) is 0 Å². The molecule has 3 rings (SSSR count). The summed E-state index contributed by atoms with van der Waals surface area (Å²) in [4.78, 5) is 19.4. The van der Waals surface area contributed by atoms with E-state index in [2.05, 4.69) is 9.97 Å². The van der Waals surface area contributed by atoms with E-state index in [1.807, 2.05) is 24.3 Å². The molecule has 0 atom stereocenters. The fourth-order valence-corrected chi connectivity index (χ4v) is 2.89. The van der Waals surface area contributed by atoms with E-state index in [9.17, 15) is 4.79 Å². The lowest BCUT2D eigenvalue weighted by Crippen LogP contribution is -2.16. The lowest BCUT2D eigenvalue weighted by molar-refractivity contribution is 0.428. The van der Waals surface area contributed by atoms with Gasteiger partial charge in [0.05, 0.1) is 5.69 Å². The minimum absolute atomic E-state index is 0.0852. The van der Waals surface area contributed by atoms with Gasteiger partial charge in [0.15, 0.2) is 0 Å². The average molecular weight is 269 g/mol. The molecule has 1 aliphatic carbocycles. The van der Waals surface area contributed by atoms with E-state index in [0.29, 0.717) is 17.3 Å². The summed E-state index contributed by atoms with van der Waals surface area (Å²) in [6, 6.07) is 9.04. The highest BCUT2D eigenvalue weighted by molar-refractivity contribution is 5.63. The van der Waals surface area contributed by atoms with E-state index in [-0.39, 0.29) is 5.56 Å². The van der Waals surface area contributed by atoms with Gasteiger partial charge in [0.2, 0.25) is 0 Å². The third-order valence-electron chi connectivity index (χ3n) is 3.93. The minimum atomic E-state index is -0.0852. The van der Waals surface area contributed by atoms with Crippen LogP contribution in [0, 0.1) is 0 Å². The van der Waals surface area contributed by atoms with Gasteiger partial charge in [0.25, 0.3) is 5.56 Å². The van der Waals surface area contributed by atoms with Gasteiger partial charge in [-0.05, 0) is 25.0 Å². The van der Waals surface area contributed by atoms with Crippen molar-refractivity contribution in [1.82, 2.24) is 9.97 Å². The summed E-state index contributed by atoms with van der Waals surface area (Å²) in [5.74, 6) is 1.21. The van der Waals surface area contributed by atoms with Crippen molar-refractivity contribution in [1.29, 1.82) is 0 Å². The van der Waals surface area contributed by atoms with Crippen LogP contribution in [0.25, 0.3) is 11.3 Å². The Balaban J connectivity index is 2.00. The highest BCUT2D eigenvalue weighted by Crippen LogP contribution is 2.31. The summed E-state index contributed by atoms with van der Waals surface area (Å²) < 4.78 is 0. The number of aromatic amines is 1. The summed E-state index contributed by atoms with van der Waals surface area (Å²) in [7, 11) is 0. The van der Waals surface area contributed by atoms with Gasteiger partial charge in [-0.1, -0.05) is 31.4 Å².